The van der Waals surface area contributed by atoms with Crippen molar-refractivity contribution in [3.63, 3.8) is 0 Å². The molecule has 2 rings (SSSR count). The van der Waals surface area contributed by atoms with Gasteiger partial charge in [-0.25, -0.2) is 4.39 Å². The lowest BCUT2D eigenvalue weighted by molar-refractivity contribution is -0.146. The van der Waals surface area contributed by atoms with Crippen LogP contribution in [0.1, 0.15) is 18.7 Å². The summed E-state index contributed by atoms with van der Waals surface area (Å²) >= 11 is 1.41. The minimum Gasteiger partial charge on any atom is -0.469 e. The number of thiophene rings is 1. The smallest absolute Gasteiger partial charge is 0.310 e. The first-order valence-electron chi connectivity index (χ1n) is 8.35. The molecule has 26 heavy (non-hydrogen) atoms. The van der Waals surface area contributed by atoms with Crippen LogP contribution < -0.4 is 0 Å². The molecule has 138 valence electrons. The van der Waals surface area contributed by atoms with Crippen molar-refractivity contribution in [3.05, 3.63) is 53.2 Å². The van der Waals surface area contributed by atoms with Gasteiger partial charge in [-0.1, -0.05) is 25.1 Å². The predicted molar refractivity (Wildman–Crippen MR) is 102 cm³/mol. The van der Waals surface area contributed by atoms with E-state index >= 15 is 0 Å². The van der Waals surface area contributed by atoms with E-state index in [0.717, 1.165) is 9.75 Å². The Balaban J connectivity index is 2.05. The molecule has 0 aliphatic carbocycles. The van der Waals surface area contributed by atoms with Crippen molar-refractivity contribution >= 4 is 29.3 Å². The van der Waals surface area contributed by atoms with E-state index in [1.54, 1.807) is 36.1 Å². The Bertz CT molecular complexity index is 800. The number of halogens is 1. The van der Waals surface area contributed by atoms with Crippen LogP contribution in [-0.2, 0) is 14.3 Å². The number of likely N-dealkylation sites (N-methyl/N-ethyl adjacent to an activating group) is 1. The lowest BCUT2D eigenvalue weighted by atomic mass is 10.1. The molecule has 0 saturated carbocycles. The van der Waals surface area contributed by atoms with Crippen molar-refractivity contribution in [2.45, 2.75) is 13.8 Å². The molecule has 0 spiro atoms. The summed E-state index contributed by atoms with van der Waals surface area (Å²) in [5, 5.41) is 0. The number of esters is 1. The van der Waals surface area contributed by atoms with E-state index in [2.05, 4.69) is 0 Å². The number of hydrogen-bond donors (Lipinski definition) is 0. The molecular weight excluding hydrogens is 353 g/mol. The predicted octanol–water partition coefficient (Wildman–Crippen LogP) is 4.23. The zero-order chi connectivity index (χ0) is 19.1. The zero-order valence-electron chi connectivity index (χ0n) is 15.1. The molecule has 0 N–H and O–H groups in total. The van der Waals surface area contributed by atoms with E-state index in [4.69, 9.17) is 4.74 Å². The zero-order valence-corrected chi connectivity index (χ0v) is 15.9. The standard InChI is InChI=1S/C20H22FNO3S/c1-4-22(13-14(2)20(24)25-3)19(23)12-10-15-9-11-18(26-15)16-7-5-6-8-17(16)21/h5-12,14H,4,13H2,1-3H3/b12-10+. The molecule has 1 aromatic heterocycles. The summed E-state index contributed by atoms with van der Waals surface area (Å²) in [7, 11) is 1.33. The molecule has 1 unspecified atom stereocenters. The van der Waals surface area contributed by atoms with Gasteiger partial charge >= 0.3 is 5.97 Å². The van der Waals surface area contributed by atoms with Crippen LogP contribution in [0.3, 0.4) is 0 Å². The summed E-state index contributed by atoms with van der Waals surface area (Å²) < 4.78 is 18.6. The molecule has 0 saturated heterocycles. The summed E-state index contributed by atoms with van der Waals surface area (Å²) in [6.07, 6.45) is 3.19. The van der Waals surface area contributed by atoms with Crippen molar-refractivity contribution < 1.29 is 18.7 Å². The number of carbonyl (C=O) groups is 2. The van der Waals surface area contributed by atoms with Gasteiger partial charge in [0, 0.05) is 34.5 Å². The Morgan fingerprint density at radius 3 is 2.65 bits per heavy atom. The van der Waals surface area contributed by atoms with Gasteiger partial charge in [-0.2, -0.15) is 0 Å². The maximum Gasteiger partial charge on any atom is 0.310 e. The minimum absolute atomic E-state index is 0.177. The average molecular weight is 375 g/mol. The number of benzene rings is 1. The van der Waals surface area contributed by atoms with Gasteiger partial charge in [-0.3, -0.25) is 9.59 Å². The van der Waals surface area contributed by atoms with Crippen LogP contribution in [-0.4, -0.2) is 37.0 Å². The van der Waals surface area contributed by atoms with Crippen molar-refractivity contribution in [3.8, 4) is 10.4 Å². The molecule has 1 heterocycles. The van der Waals surface area contributed by atoms with Crippen molar-refractivity contribution in [2.75, 3.05) is 20.2 Å². The SMILES string of the molecule is CCN(CC(C)C(=O)OC)C(=O)/C=C/c1ccc(-c2ccccc2F)s1. The molecule has 0 bridgehead atoms. The van der Waals surface area contributed by atoms with Gasteiger partial charge in [-0.15, -0.1) is 11.3 Å². The molecule has 0 radical (unpaired) electrons. The van der Waals surface area contributed by atoms with Crippen LogP contribution in [0.4, 0.5) is 4.39 Å². The minimum atomic E-state index is -0.383. The highest BCUT2D eigenvalue weighted by Gasteiger charge is 2.19. The van der Waals surface area contributed by atoms with E-state index < -0.39 is 0 Å². The highest BCUT2D eigenvalue weighted by atomic mass is 32.1. The second-order valence-corrected chi connectivity index (χ2v) is 6.93. The number of hydrogen-bond acceptors (Lipinski definition) is 4. The normalized spacial score (nSPS) is 12.2. The lowest BCUT2D eigenvalue weighted by Crippen LogP contribution is -2.36. The van der Waals surface area contributed by atoms with Gasteiger partial charge in [0.1, 0.15) is 5.82 Å². The summed E-state index contributed by atoms with van der Waals surface area (Å²) in [6, 6.07) is 10.3. The van der Waals surface area contributed by atoms with Crippen molar-refractivity contribution in [2.24, 2.45) is 5.92 Å². The lowest BCUT2D eigenvalue weighted by Gasteiger charge is -2.22. The number of rotatable bonds is 7. The topological polar surface area (TPSA) is 46.6 Å². The second kappa shape index (κ2) is 9.29. The highest BCUT2D eigenvalue weighted by molar-refractivity contribution is 7.16. The van der Waals surface area contributed by atoms with Crippen molar-refractivity contribution in [1.29, 1.82) is 0 Å². The first kappa shape index (κ1) is 19.8. The third-order valence-corrected chi connectivity index (χ3v) is 5.03. The quantitative estimate of drug-likeness (QED) is 0.538. The monoisotopic (exact) mass is 375 g/mol. The molecule has 1 atom stereocenters. The molecule has 1 amide bonds. The highest BCUT2D eigenvalue weighted by Crippen LogP contribution is 2.30. The van der Waals surface area contributed by atoms with E-state index in [0.29, 0.717) is 18.7 Å². The first-order valence-corrected chi connectivity index (χ1v) is 9.17. The van der Waals surface area contributed by atoms with E-state index in [9.17, 15) is 14.0 Å². The van der Waals surface area contributed by atoms with Gasteiger partial charge in [0.15, 0.2) is 0 Å². The third-order valence-electron chi connectivity index (χ3n) is 3.95. The summed E-state index contributed by atoms with van der Waals surface area (Å²) in [5.41, 5.74) is 0.547. The number of amides is 1. The van der Waals surface area contributed by atoms with E-state index in [1.807, 2.05) is 19.1 Å². The van der Waals surface area contributed by atoms with Crippen LogP contribution in [0.2, 0.25) is 0 Å². The second-order valence-electron chi connectivity index (χ2n) is 5.82. The number of nitrogens with zero attached hydrogens (tertiary/aromatic N) is 1. The summed E-state index contributed by atoms with van der Waals surface area (Å²) in [5.74, 6) is -1.17. The fourth-order valence-corrected chi connectivity index (χ4v) is 3.43. The molecule has 0 aliphatic rings. The third kappa shape index (κ3) is 5.02. The molecule has 0 fully saturated rings. The maximum absolute atomic E-state index is 13.9. The van der Waals surface area contributed by atoms with Crippen molar-refractivity contribution in [1.82, 2.24) is 4.90 Å². The van der Waals surface area contributed by atoms with Crippen LogP contribution in [0, 0.1) is 11.7 Å². The average Bonchev–Trinajstić information content (AvgIpc) is 3.12. The Labute approximate surface area is 156 Å². The molecular formula is C20H22FNO3S. The van der Waals surface area contributed by atoms with Crippen LogP contribution in [0.25, 0.3) is 16.5 Å². The van der Waals surface area contributed by atoms with E-state index in [1.165, 1.54) is 30.6 Å². The fourth-order valence-electron chi connectivity index (χ4n) is 2.49. The first-order chi connectivity index (χ1) is 12.5. The number of carbonyl (C=O) groups excluding carboxylic acids is 2. The number of ether oxygens (including phenoxy) is 1. The van der Waals surface area contributed by atoms with Gasteiger partial charge in [-0.05, 0) is 31.2 Å². The molecule has 2 aromatic rings. The summed E-state index contributed by atoms with van der Waals surface area (Å²) in [6.45, 7) is 4.38. The van der Waals surface area contributed by atoms with Gasteiger partial charge < -0.3 is 9.64 Å². The molecule has 0 aliphatic heterocycles. The van der Waals surface area contributed by atoms with Gasteiger partial charge in [0.25, 0.3) is 0 Å². The Kier molecular flexibility index (Phi) is 7.09. The Hall–Kier alpha value is -2.47. The van der Waals surface area contributed by atoms with E-state index in [-0.39, 0.29) is 23.6 Å². The molecule has 1 aromatic carbocycles. The fraction of sp³-hybridized carbons (Fsp3) is 0.300. The largest absolute Gasteiger partial charge is 0.469 e. The molecule has 6 heteroatoms. The molecule has 4 nitrogen and oxygen atoms in total. The maximum atomic E-state index is 13.9. The Morgan fingerprint density at radius 2 is 2.00 bits per heavy atom. The van der Waals surface area contributed by atoms with Gasteiger partial charge in [0.2, 0.25) is 5.91 Å². The van der Waals surface area contributed by atoms with Crippen LogP contribution in [0.15, 0.2) is 42.5 Å². The Morgan fingerprint density at radius 1 is 1.27 bits per heavy atom. The number of methoxy groups -OCH3 is 1. The van der Waals surface area contributed by atoms with Gasteiger partial charge in [0.05, 0.1) is 13.0 Å². The van der Waals surface area contributed by atoms with Crippen LogP contribution in [0.5, 0.6) is 0 Å². The summed E-state index contributed by atoms with van der Waals surface area (Å²) in [4.78, 5) is 27.1. The van der Waals surface area contributed by atoms with Crippen LogP contribution >= 0.6 is 11.3 Å².